The molecule has 2 unspecified atom stereocenters. The molecule has 1 aliphatic rings. The predicted molar refractivity (Wildman–Crippen MR) is 82.9 cm³/mol. The number of nitrogens with zero attached hydrogens (tertiary/aromatic N) is 1. The minimum Gasteiger partial charge on any atom is -0.350 e. The Kier molecular flexibility index (Phi) is 5.40. The summed E-state index contributed by atoms with van der Waals surface area (Å²) in [5.74, 6) is -0.578. The van der Waals surface area contributed by atoms with E-state index < -0.39 is 11.9 Å². The highest BCUT2D eigenvalue weighted by molar-refractivity contribution is 6.31. The van der Waals surface area contributed by atoms with Gasteiger partial charge in [0.1, 0.15) is 11.9 Å². The lowest BCUT2D eigenvalue weighted by molar-refractivity contribution is -0.137. The first-order chi connectivity index (χ1) is 10.4. The second-order valence-electron chi connectivity index (χ2n) is 5.57. The molecule has 0 saturated carbocycles. The van der Waals surface area contributed by atoms with Gasteiger partial charge in [0.05, 0.1) is 0 Å². The van der Waals surface area contributed by atoms with Gasteiger partial charge in [0.25, 0.3) is 0 Å². The van der Waals surface area contributed by atoms with E-state index in [1.165, 1.54) is 12.1 Å². The molecule has 1 N–H and O–H groups in total. The van der Waals surface area contributed by atoms with E-state index in [9.17, 15) is 14.0 Å². The quantitative estimate of drug-likeness (QED) is 0.904. The van der Waals surface area contributed by atoms with Gasteiger partial charge < -0.3 is 10.2 Å². The number of likely N-dealkylation sites (tertiary alicyclic amines) is 1. The van der Waals surface area contributed by atoms with Crippen LogP contribution in [-0.4, -0.2) is 28.8 Å². The van der Waals surface area contributed by atoms with Crippen molar-refractivity contribution < 1.29 is 14.0 Å². The van der Waals surface area contributed by atoms with E-state index in [0.717, 1.165) is 6.42 Å². The summed E-state index contributed by atoms with van der Waals surface area (Å²) in [5, 5.41) is 3.07. The normalized spacial score (nSPS) is 19.4. The summed E-state index contributed by atoms with van der Waals surface area (Å²) in [6.45, 7) is 4.15. The molecular weight excluding hydrogens is 307 g/mol. The highest BCUT2D eigenvalue weighted by Gasteiger charge is 2.38. The zero-order chi connectivity index (χ0) is 16.3. The Morgan fingerprint density at radius 2 is 2.27 bits per heavy atom. The summed E-state index contributed by atoms with van der Waals surface area (Å²) in [5.41, 5.74) is 0.649. The fourth-order valence-electron chi connectivity index (χ4n) is 2.67. The molecule has 4 nitrogen and oxygen atoms in total. The van der Waals surface area contributed by atoms with Crippen molar-refractivity contribution in [3.63, 3.8) is 0 Å². The highest BCUT2D eigenvalue weighted by Crippen LogP contribution is 2.23. The van der Waals surface area contributed by atoms with Crippen molar-refractivity contribution in [3.8, 4) is 0 Å². The molecule has 22 heavy (non-hydrogen) atoms. The van der Waals surface area contributed by atoms with Crippen LogP contribution in [0.4, 0.5) is 4.39 Å². The minimum atomic E-state index is -0.429. The number of hydrogen-bond acceptors (Lipinski definition) is 2. The molecule has 2 atom stereocenters. The van der Waals surface area contributed by atoms with E-state index in [0.29, 0.717) is 18.4 Å². The SMILES string of the molecule is CCC(C)N1C(=O)CCC1C(=O)NCc1ccc(F)cc1Cl. The van der Waals surface area contributed by atoms with E-state index in [1.807, 2.05) is 13.8 Å². The smallest absolute Gasteiger partial charge is 0.243 e. The zero-order valence-corrected chi connectivity index (χ0v) is 13.5. The van der Waals surface area contributed by atoms with Crippen molar-refractivity contribution in [1.29, 1.82) is 0 Å². The lowest BCUT2D eigenvalue weighted by Gasteiger charge is -2.29. The Hall–Kier alpha value is -1.62. The fourth-order valence-corrected chi connectivity index (χ4v) is 2.91. The molecular formula is C16H20ClFN2O2. The van der Waals surface area contributed by atoms with Crippen molar-refractivity contribution in [2.24, 2.45) is 0 Å². The summed E-state index contributed by atoms with van der Waals surface area (Å²) in [6.07, 6.45) is 1.74. The summed E-state index contributed by atoms with van der Waals surface area (Å²) < 4.78 is 13.0. The molecule has 0 radical (unpaired) electrons. The van der Waals surface area contributed by atoms with Crippen LogP contribution < -0.4 is 5.32 Å². The lowest BCUT2D eigenvalue weighted by atomic mass is 10.1. The molecule has 6 heteroatoms. The minimum absolute atomic E-state index is 0.0225. The zero-order valence-electron chi connectivity index (χ0n) is 12.7. The van der Waals surface area contributed by atoms with Gasteiger partial charge in [-0.3, -0.25) is 9.59 Å². The Labute approximate surface area is 134 Å². The van der Waals surface area contributed by atoms with Crippen LogP contribution in [0.25, 0.3) is 0 Å². The molecule has 0 aromatic heterocycles. The van der Waals surface area contributed by atoms with Gasteiger partial charge in [-0.05, 0) is 37.5 Å². The van der Waals surface area contributed by atoms with Gasteiger partial charge in [-0.2, -0.15) is 0 Å². The largest absolute Gasteiger partial charge is 0.350 e. The van der Waals surface area contributed by atoms with Crippen LogP contribution in [0, 0.1) is 5.82 Å². The standard InChI is InChI=1S/C16H20ClFN2O2/c1-3-10(2)20-14(6-7-15(20)21)16(22)19-9-11-4-5-12(18)8-13(11)17/h4-5,8,10,14H,3,6-7,9H2,1-2H3,(H,19,22). The Morgan fingerprint density at radius 1 is 1.55 bits per heavy atom. The first-order valence-corrected chi connectivity index (χ1v) is 7.84. The Bertz CT molecular complexity index is 579. The third-order valence-corrected chi connectivity index (χ3v) is 4.44. The molecule has 1 aliphatic heterocycles. The van der Waals surface area contributed by atoms with E-state index >= 15 is 0 Å². The Balaban J connectivity index is 2.01. The van der Waals surface area contributed by atoms with Gasteiger partial charge in [-0.25, -0.2) is 4.39 Å². The fraction of sp³-hybridized carbons (Fsp3) is 0.500. The van der Waals surface area contributed by atoms with Crippen LogP contribution in [0.15, 0.2) is 18.2 Å². The molecule has 1 aromatic rings. The number of hydrogen-bond donors (Lipinski definition) is 1. The van der Waals surface area contributed by atoms with Crippen molar-refractivity contribution in [3.05, 3.63) is 34.6 Å². The summed E-state index contributed by atoms with van der Waals surface area (Å²) in [7, 11) is 0. The van der Waals surface area contributed by atoms with Gasteiger partial charge >= 0.3 is 0 Å². The van der Waals surface area contributed by atoms with Gasteiger partial charge in [-0.1, -0.05) is 24.6 Å². The van der Waals surface area contributed by atoms with Crippen molar-refractivity contribution in [2.75, 3.05) is 0 Å². The second kappa shape index (κ2) is 7.09. The monoisotopic (exact) mass is 326 g/mol. The van der Waals surface area contributed by atoms with E-state index in [4.69, 9.17) is 11.6 Å². The van der Waals surface area contributed by atoms with Crippen LogP contribution in [-0.2, 0) is 16.1 Å². The maximum atomic E-state index is 13.0. The van der Waals surface area contributed by atoms with Gasteiger partial charge in [0, 0.05) is 24.0 Å². The highest BCUT2D eigenvalue weighted by atomic mass is 35.5. The number of rotatable bonds is 5. The van der Waals surface area contributed by atoms with Crippen molar-refractivity contribution in [2.45, 2.75) is 51.7 Å². The lowest BCUT2D eigenvalue weighted by Crippen LogP contribution is -2.48. The summed E-state index contributed by atoms with van der Waals surface area (Å²) in [6, 6.07) is 3.68. The van der Waals surface area contributed by atoms with E-state index in [1.54, 1.807) is 11.0 Å². The van der Waals surface area contributed by atoms with Crippen molar-refractivity contribution in [1.82, 2.24) is 10.2 Å². The number of halogens is 2. The van der Waals surface area contributed by atoms with Crippen LogP contribution in [0.2, 0.25) is 5.02 Å². The van der Waals surface area contributed by atoms with Gasteiger partial charge in [0.2, 0.25) is 11.8 Å². The summed E-state index contributed by atoms with van der Waals surface area (Å²) >= 11 is 5.94. The van der Waals surface area contributed by atoms with E-state index in [-0.39, 0.29) is 29.4 Å². The van der Waals surface area contributed by atoms with Crippen LogP contribution in [0.5, 0.6) is 0 Å². The third kappa shape index (κ3) is 3.58. The number of carbonyl (C=O) groups is 2. The van der Waals surface area contributed by atoms with Crippen molar-refractivity contribution >= 4 is 23.4 Å². The topological polar surface area (TPSA) is 49.4 Å². The molecule has 1 aromatic carbocycles. The number of amides is 2. The average Bonchev–Trinajstić information content (AvgIpc) is 2.87. The number of carbonyl (C=O) groups excluding carboxylic acids is 2. The maximum Gasteiger partial charge on any atom is 0.243 e. The molecule has 1 fully saturated rings. The molecule has 1 heterocycles. The van der Waals surface area contributed by atoms with Crippen LogP contribution in [0.3, 0.4) is 0 Å². The maximum absolute atomic E-state index is 13.0. The molecule has 120 valence electrons. The third-order valence-electron chi connectivity index (χ3n) is 4.09. The van der Waals surface area contributed by atoms with E-state index in [2.05, 4.69) is 5.32 Å². The average molecular weight is 327 g/mol. The molecule has 0 aliphatic carbocycles. The molecule has 2 rings (SSSR count). The first kappa shape index (κ1) is 16.7. The molecule has 0 bridgehead atoms. The van der Waals surface area contributed by atoms with Crippen LogP contribution >= 0.6 is 11.6 Å². The Morgan fingerprint density at radius 3 is 2.91 bits per heavy atom. The molecule has 1 saturated heterocycles. The van der Waals surface area contributed by atoms with Gasteiger partial charge in [-0.15, -0.1) is 0 Å². The predicted octanol–water partition coefficient (Wildman–Crippen LogP) is 2.88. The molecule has 0 spiro atoms. The van der Waals surface area contributed by atoms with Crippen LogP contribution in [0.1, 0.15) is 38.7 Å². The van der Waals surface area contributed by atoms with Gasteiger partial charge in [0.15, 0.2) is 0 Å². The molecule has 2 amide bonds. The first-order valence-electron chi connectivity index (χ1n) is 7.46. The number of nitrogens with one attached hydrogen (secondary N) is 1. The second-order valence-corrected chi connectivity index (χ2v) is 5.97. The number of benzene rings is 1. The summed E-state index contributed by atoms with van der Waals surface area (Å²) in [4.78, 5) is 26.0.